The van der Waals surface area contributed by atoms with Crippen molar-refractivity contribution in [3.63, 3.8) is 0 Å². The monoisotopic (exact) mass is 326 g/mol. The first-order valence-corrected chi connectivity index (χ1v) is 8.57. The van der Waals surface area contributed by atoms with E-state index in [4.69, 9.17) is 10.2 Å². The maximum absolute atomic E-state index is 12.5. The third kappa shape index (κ3) is 3.00. The highest BCUT2D eigenvalue weighted by molar-refractivity contribution is 5.76. The average Bonchev–Trinajstić information content (AvgIpc) is 3.12. The number of fused-ring (bicyclic) bond motifs is 1. The largest absolute Gasteiger partial charge is 0.466 e. The fourth-order valence-corrected chi connectivity index (χ4v) is 3.39. The molecule has 0 unspecified atom stereocenters. The number of aryl methyl sites for hydroxylation is 1. The Hall–Kier alpha value is -2.37. The highest BCUT2D eigenvalue weighted by Gasteiger charge is 2.36. The van der Waals surface area contributed by atoms with Crippen LogP contribution in [-0.2, 0) is 24.2 Å². The van der Waals surface area contributed by atoms with Crippen molar-refractivity contribution in [2.45, 2.75) is 45.1 Å². The van der Waals surface area contributed by atoms with Crippen LogP contribution in [0.25, 0.3) is 0 Å². The summed E-state index contributed by atoms with van der Waals surface area (Å²) >= 11 is 0. The minimum absolute atomic E-state index is 0.147. The van der Waals surface area contributed by atoms with E-state index < -0.39 is 0 Å². The lowest BCUT2D eigenvalue weighted by atomic mass is 10.1. The second-order valence-electron chi connectivity index (χ2n) is 6.93. The van der Waals surface area contributed by atoms with E-state index in [2.05, 4.69) is 23.2 Å². The first kappa shape index (κ1) is 15.2. The van der Waals surface area contributed by atoms with Crippen molar-refractivity contribution < 1.29 is 9.21 Å². The van der Waals surface area contributed by atoms with E-state index >= 15 is 0 Å². The van der Waals surface area contributed by atoms with Crippen molar-refractivity contribution in [3.05, 3.63) is 41.0 Å². The molecule has 0 aromatic carbocycles. The van der Waals surface area contributed by atoms with E-state index in [1.165, 1.54) is 6.42 Å². The number of rotatable bonds is 4. The van der Waals surface area contributed by atoms with Crippen LogP contribution >= 0.6 is 0 Å². The van der Waals surface area contributed by atoms with Gasteiger partial charge in [-0.2, -0.15) is 5.10 Å². The Labute approximate surface area is 141 Å². The smallest absolute Gasteiger partial charge is 0.223 e. The van der Waals surface area contributed by atoms with Crippen molar-refractivity contribution >= 4 is 11.7 Å². The second kappa shape index (κ2) is 5.92. The van der Waals surface area contributed by atoms with Crippen molar-refractivity contribution in [1.82, 2.24) is 15.1 Å². The molecule has 1 amide bonds. The lowest BCUT2D eigenvalue weighted by Crippen LogP contribution is -2.36. The summed E-state index contributed by atoms with van der Waals surface area (Å²) in [5.41, 5.74) is 7.64. The van der Waals surface area contributed by atoms with Gasteiger partial charge in [0.25, 0.3) is 0 Å². The fourth-order valence-electron chi connectivity index (χ4n) is 3.39. The van der Waals surface area contributed by atoms with Crippen molar-refractivity contribution in [2.24, 2.45) is 5.92 Å². The number of hydrogen-bond acceptors (Lipinski definition) is 5. The molecule has 126 valence electrons. The predicted molar refractivity (Wildman–Crippen MR) is 89.1 cm³/mol. The van der Waals surface area contributed by atoms with E-state index in [1.54, 1.807) is 0 Å². The zero-order valence-corrected chi connectivity index (χ0v) is 13.9. The van der Waals surface area contributed by atoms with Crippen molar-refractivity contribution in [2.75, 3.05) is 12.3 Å². The molecule has 6 heteroatoms. The summed E-state index contributed by atoms with van der Waals surface area (Å²) in [6, 6.07) is 5.89. The number of nitrogens with zero attached hydrogens (tertiary/aromatic N) is 3. The molecule has 1 aliphatic heterocycles. The topological polar surface area (TPSA) is 85.2 Å². The van der Waals surface area contributed by atoms with Crippen LogP contribution in [0.15, 0.2) is 22.6 Å². The van der Waals surface area contributed by atoms with Crippen LogP contribution in [0, 0.1) is 5.92 Å². The molecule has 2 atom stereocenters. The average molecular weight is 326 g/mol. The number of furan rings is 1. The third-order valence-corrected chi connectivity index (χ3v) is 5.05. The van der Waals surface area contributed by atoms with Gasteiger partial charge in [-0.25, -0.2) is 0 Å². The predicted octanol–water partition coefficient (Wildman–Crippen LogP) is 2.29. The summed E-state index contributed by atoms with van der Waals surface area (Å²) in [4.78, 5) is 14.4. The van der Waals surface area contributed by atoms with Crippen LogP contribution in [0.3, 0.4) is 0 Å². The first-order chi connectivity index (χ1) is 11.6. The van der Waals surface area contributed by atoms with Gasteiger partial charge in [0.05, 0.1) is 5.69 Å². The third-order valence-electron chi connectivity index (χ3n) is 5.05. The minimum Gasteiger partial charge on any atom is -0.466 e. The number of nitrogens with two attached hydrogens (primary N) is 1. The number of hydrogen-bond donors (Lipinski definition) is 1. The zero-order chi connectivity index (χ0) is 16.7. The SMILES string of the molecule is C[C@@H]1C[C@H]1c1ccc(CCC(=O)N2CCc3nnc(N)cc3C2)o1. The molecule has 2 N–H and O–H groups in total. The van der Waals surface area contributed by atoms with E-state index in [0.717, 1.165) is 35.1 Å². The number of anilines is 1. The molecule has 0 radical (unpaired) electrons. The van der Waals surface area contributed by atoms with E-state index in [9.17, 15) is 4.79 Å². The van der Waals surface area contributed by atoms with Gasteiger partial charge >= 0.3 is 0 Å². The summed E-state index contributed by atoms with van der Waals surface area (Å²) in [5.74, 6) is 3.85. The number of nitrogen functional groups attached to an aromatic ring is 1. The van der Waals surface area contributed by atoms with E-state index in [-0.39, 0.29) is 5.91 Å². The van der Waals surface area contributed by atoms with Gasteiger partial charge in [0, 0.05) is 38.3 Å². The van der Waals surface area contributed by atoms with Gasteiger partial charge in [0.1, 0.15) is 17.3 Å². The van der Waals surface area contributed by atoms with Gasteiger partial charge in [0.2, 0.25) is 5.91 Å². The summed E-state index contributed by atoms with van der Waals surface area (Å²) in [6.07, 6.45) is 3.07. The van der Waals surface area contributed by atoms with Crippen LogP contribution in [0.1, 0.15) is 48.5 Å². The molecular formula is C18H22N4O2. The van der Waals surface area contributed by atoms with Crippen molar-refractivity contribution in [1.29, 1.82) is 0 Å². The molecule has 0 bridgehead atoms. The van der Waals surface area contributed by atoms with Crippen LogP contribution in [0.4, 0.5) is 5.82 Å². The molecule has 1 saturated carbocycles. The van der Waals surface area contributed by atoms with Gasteiger partial charge in [-0.3, -0.25) is 4.79 Å². The summed E-state index contributed by atoms with van der Waals surface area (Å²) in [6.45, 7) is 3.49. The molecule has 24 heavy (non-hydrogen) atoms. The lowest BCUT2D eigenvalue weighted by Gasteiger charge is -2.28. The molecule has 2 aromatic rings. The number of aromatic nitrogens is 2. The molecule has 2 aromatic heterocycles. The highest BCUT2D eigenvalue weighted by atomic mass is 16.3. The molecule has 4 rings (SSSR count). The Morgan fingerprint density at radius 2 is 2.25 bits per heavy atom. The van der Waals surface area contributed by atoms with Gasteiger partial charge in [-0.15, -0.1) is 5.10 Å². The van der Waals surface area contributed by atoms with Crippen LogP contribution in [-0.4, -0.2) is 27.5 Å². The first-order valence-electron chi connectivity index (χ1n) is 8.57. The van der Waals surface area contributed by atoms with Crippen molar-refractivity contribution in [3.8, 4) is 0 Å². The standard InChI is InChI=1S/C18H22N4O2/c1-11-8-14(11)16-4-2-13(24-16)3-5-18(23)22-7-6-15-12(10-22)9-17(19)21-20-15/h2,4,9,11,14H,3,5-8,10H2,1H3,(H2,19,21)/t11-,14-/m1/s1. The zero-order valence-electron chi connectivity index (χ0n) is 13.9. The number of carbonyl (C=O) groups excluding carboxylic acids is 1. The maximum Gasteiger partial charge on any atom is 0.223 e. The van der Waals surface area contributed by atoms with Gasteiger partial charge in [-0.1, -0.05) is 6.92 Å². The fraction of sp³-hybridized carbons (Fsp3) is 0.500. The maximum atomic E-state index is 12.5. The van der Waals surface area contributed by atoms with E-state index in [1.807, 2.05) is 17.0 Å². The van der Waals surface area contributed by atoms with Crippen LogP contribution in [0.2, 0.25) is 0 Å². The Morgan fingerprint density at radius 3 is 3.04 bits per heavy atom. The molecule has 6 nitrogen and oxygen atoms in total. The quantitative estimate of drug-likeness (QED) is 0.932. The summed E-state index contributed by atoms with van der Waals surface area (Å²) < 4.78 is 5.88. The normalized spacial score (nSPS) is 22.3. The number of amides is 1. The number of carbonyl (C=O) groups is 1. The Kier molecular flexibility index (Phi) is 3.75. The summed E-state index contributed by atoms with van der Waals surface area (Å²) in [7, 11) is 0. The molecule has 0 spiro atoms. The molecule has 2 aliphatic rings. The van der Waals surface area contributed by atoms with Crippen LogP contribution < -0.4 is 5.73 Å². The van der Waals surface area contributed by atoms with E-state index in [0.29, 0.717) is 37.7 Å². The second-order valence-corrected chi connectivity index (χ2v) is 6.93. The Morgan fingerprint density at radius 1 is 1.42 bits per heavy atom. The molecule has 1 fully saturated rings. The Balaban J connectivity index is 1.34. The molecular weight excluding hydrogens is 304 g/mol. The highest BCUT2D eigenvalue weighted by Crippen LogP contribution is 2.47. The van der Waals surface area contributed by atoms with Crippen LogP contribution in [0.5, 0.6) is 0 Å². The molecule has 0 saturated heterocycles. The lowest BCUT2D eigenvalue weighted by molar-refractivity contribution is -0.132. The minimum atomic E-state index is 0.147. The van der Waals surface area contributed by atoms with Gasteiger partial charge in [0.15, 0.2) is 0 Å². The molecule has 1 aliphatic carbocycles. The summed E-state index contributed by atoms with van der Waals surface area (Å²) in [5, 5.41) is 7.99. The Bertz CT molecular complexity index is 770. The molecule has 3 heterocycles. The van der Waals surface area contributed by atoms with Gasteiger partial charge < -0.3 is 15.1 Å². The van der Waals surface area contributed by atoms with Gasteiger partial charge in [-0.05, 0) is 36.1 Å².